The Labute approximate surface area is 189 Å². The van der Waals surface area contributed by atoms with Crippen molar-refractivity contribution in [1.82, 2.24) is 4.72 Å². The molecule has 0 spiro atoms. The topological polar surface area (TPSA) is 104 Å². The SMILES string of the molecule is CC(C)c1cc(F)cc(C(C)C)c1CC(=O)NS(=O)(=O)c1ccc(C(C)(C)O)c(CO)c1. The molecular formula is C24H32FNO5S. The molecular weight excluding hydrogens is 433 g/mol. The van der Waals surface area contributed by atoms with E-state index in [0.29, 0.717) is 22.3 Å². The Morgan fingerprint density at radius 1 is 1.06 bits per heavy atom. The number of rotatable bonds is 8. The zero-order valence-corrected chi connectivity index (χ0v) is 20.2. The van der Waals surface area contributed by atoms with Crippen molar-refractivity contribution in [1.29, 1.82) is 0 Å². The fraction of sp³-hybridized carbons (Fsp3) is 0.458. The maximum absolute atomic E-state index is 14.1. The highest BCUT2D eigenvalue weighted by molar-refractivity contribution is 7.90. The number of hydrogen-bond acceptors (Lipinski definition) is 5. The first-order chi connectivity index (χ1) is 14.7. The lowest BCUT2D eigenvalue weighted by Gasteiger charge is -2.22. The lowest BCUT2D eigenvalue weighted by Crippen LogP contribution is -2.32. The van der Waals surface area contributed by atoms with Gasteiger partial charge in [0.1, 0.15) is 5.82 Å². The maximum Gasteiger partial charge on any atom is 0.264 e. The van der Waals surface area contributed by atoms with Gasteiger partial charge in [-0.15, -0.1) is 0 Å². The van der Waals surface area contributed by atoms with Gasteiger partial charge in [0.25, 0.3) is 10.0 Å². The van der Waals surface area contributed by atoms with E-state index in [9.17, 15) is 27.8 Å². The number of sulfonamides is 1. The summed E-state index contributed by atoms with van der Waals surface area (Å²) in [7, 11) is -4.22. The van der Waals surface area contributed by atoms with E-state index in [2.05, 4.69) is 4.72 Å². The second kappa shape index (κ2) is 9.68. The number of carbonyl (C=O) groups is 1. The van der Waals surface area contributed by atoms with Crippen molar-refractivity contribution in [3.05, 3.63) is 64.0 Å². The lowest BCUT2D eigenvalue weighted by atomic mass is 9.87. The van der Waals surface area contributed by atoms with E-state index in [1.54, 1.807) is 0 Å². The number of hydrogen-bond donors (Lipinski definition) is 3. The van der Waals surface area contributed by atoms with Crippen molar-refractivity contribution in [2.45, 2.75) is 76.9 Å². The summed E-state index contributed by atoms with van der Waals surface area (Å²) in [4.78, 5) is 12.5. The van der Waals surface area contributed by atoms with Crippen LogP contribution in [0.2, 0.25) is 0 Å². The minimum atomic E-state index is -4.22. The van der Waals surface area contributed by atoms with Crippen LogP contribution < -0.4 is 4.72 Å². The fourth-order valence-corrected chi connectivity index (χ4v) is 4.82. The molecule has 2 aromatic carbocycles. The lowest BCUT2D eigenvalue weighted by molar-refractivity contribution is -0.118. The average molecular weight is 466 g/mol. The van der Waals surface area contributed by atoms with Crippen LogP contribution in [0.4, 0.5) is 4.39 Å². The van der Waals surface area contributed by atoms with Crippen molar-refractivity contribution in [3.63, 3.8) is 0 Å². The van der Waals surface area contributed by atoms with Gasteiger partial charge in [0.05, 0.1) is 23.5 Å². The highest BCUT2D eigenvalue weighted by Gasteiger charge is 2.25. The van der Waals surface area contributed by atoms with Gasteiger partial charge in [-0.2, -0.15) is 0 Å². The third-order valence-electron chi connectivity index (χ3n) is 5.33. The first-order valence-corrected chi connectivity index (χ1v) is 12.0. The van der Waals surface area contributed by atoms with E-state index in [0.717, 1.165) is 0 Å². The summed E-state index contributed by atoms with van der Waals surface area (Å²) in [5, 5.41) is 19.8. The van der Waals surface area contributed by atoms with Gasteiger partial charge in [0, 0.05) is 0 Å². The highest BCUT2D eigenvalue weighted by atomic mass is 32.2. The normalized spacial score (nSPS) is 12.5. The van der Waals surface area contributed by atoms with Crippen LogP contribution in [0.15, 0.2) is 35.2 Å². The third-order valence-corrected chi connectivity index (χ3v) is 6.70. The molecule has 0 bridgehead atoms. The van der Waals surface area contributed by atoms with Crippen molar-refractivity contribution in [2.75, 3.05) is 0 Å². The second-order valence-electron chi connectivity index (χ2n) is 9.11. The maximum atomic E-state index is 14.1. The quantitative estimate of drug-likeness (QED) is 0.550. The molecule has 0 unspecified atom stereocenters. The van der Waals surface area contributed by atoms with Gasteiger partial charge < -0.3 is 10.2 Å². The zero-order chi connectivity index (χ0) is 24.4. The molecule has 176 valence electrons. The Bertz CT molecular complexity index is 1070. The number of aliphatic hydroxyl groups is 2. The van der Waals surface area contributed by atoms with Crippen molar-refractivity contribution < 1.29 is 27.8 Å². The number of nitrogens with one attached hydrogen (secondary N) is 1. The molecule has 2 aromatic rings. The van der Waals surface area contributed by atoms with E-state index in [1.807, 2.05) is 27.7 Å². The molecule has 8 heteroatoms. The van der Waals surface area contributed by atoms with Gasteiger partial charge in [-0.3, -0.25) is 4.79 Å². The van der Waals surface area contributed by atoms with Crippen LogP contribution in [-0.4, -0.2) is 24.5 Å². The molecule has 3 N–H and O–H groups in total. The van der Waals surface area contributed by atoms with Gasteiger partial charge in [0.2, 0.25) is 5.91 Å². The Morgan fingerprint density at radius 3 is 2.03 bits per heavy atom. The van der Waals surface area contributed by atoms with Gasteiger partial charge in [-0.05, 0) is 77.8 Å². The summed E-state index contributed by atoms with van der Waals surface area (Å²) in [5.74, 6) is -1.23. The minimum Gasteiger partial charge on any atom is -0.392 e. The summed E-state index contributed by atoms with van der Waals surface area (Å²) in [5.41, 5.74) is 1.32. The molecule has 0 aromatic heterocycles. The minimum absolute atomic E-state index is 0.0518. The highest BCUT2D eigenvalue weighted by Crippen LogP contribution is 2.30. The van der Waals surface area contributed by atoms with Gasteiger partial charge in [-0.1, -0.05) is 33.8 Å². The molecule has 6 nitrogen and oxygen atoms in total. The van der Waals surface area contributed by atoms with Crippen molar-refractivity contribution in [3.8, 4) is 0 Å². The van der Waals surface area contributed by atoms with Crippen LogP contribution in [0.1, 0.15) is 81.2 Å². The van der Waals surface area contributed by atoms with Crippen LogP contribution in [0.25, 0.3) is 0 Å². The molecule has 0 radical (unpaired) electrons. The first kappa shape index (κ1) is 26.0. The van der Waals surface area contributed by atoms with Crippen LogP contribution >= 0.6 is 0 Å². The molecule has 0 saturated heterocycles. The number of carbonyl (C=O) groups excluding carboxylic acids is 1. The number of halogens is 1. The average Bonchev–Trinajstić information content (AvgIpc) is 2.66. The molecule has 0 heterocycles. The molecule has 0 aliphatic carbocycles. The molecule has 2 rings (SSSR count). The summed E-state index contributed by atoms with van der Waals surface area (Å²) in [6.07, 6.45) is -0.213. The monoisotopic (exact) mass is 465 g/mol. The molecule has 0 saturated carbocycles. The second-order valence-corrected chi connectivity index (χ2v) is 10.8. The molecule has 32 heavy (non-hydrogen) atoms. The number of amides is 1. The predicted molar refractivity (Wildman–Crippen MR) is 121 cm³/mol. The number of benzene rings is 2. The van der Waals surface area contributed by atoms with Crippen LogP contribution in [0, 0.1) is 5.82 Å². The summed E-state index contributed by atoms with van der Waals surface area (Å²) in [6, 6.07) is 6.70. The molecule has 0 atom stereocenters. The standard InChI is InChI=1S/C24H32FNO5S/c1-14(2)19-10-17(25)11-20(15(3)4)21(19)12-23(28)26-32(30,31)18-7-8-22(24(5,6)29)16(9-18)13-27/h7-11,14-15,27,29H,12-13H2,1-6H3,(H,26,28). The van der Waals surface area contributed by atoms with Gasteiger partial charge in [-0.25, -0.2) is 17.5 Å². The van der Waals surface area contributed by atoms with Crippen molar-refractivity contribution in [2.24, 2.45) is 0 Å². The first-order valence-electron chi connectivity index (χ1n) is 10.5. The van der Waals surface area contributed by atoms with E-state index in [1.165, 1.54) is 44.2 Å². The van der Waals surface area contributed by atoms with E-state index >= 15 is 0 Å². The zero-order valence-electron chi connectivity index (χ0n) is 19.4. The molecule has 1 amide bonds. The summed E-state index contributed by atoms with van der Waals surface area (Å²) < 4.78 is 41.8. The Kier molecular flexibility index (Phi) is 7.86. The van der Waals surface area contributed by atoms with Crippen LogP contribution in [0.3, 0.4) is 0 Å². The molecule has 0 aliphatic rings. The molecule has 0 fully saturated rings. The smallest absolute Gasteiger partial charge is 0.264 e. The van der Waals surface area contributed by atoms with Crippen LogP contribution in [-0.2, 0) is 33.4 Å². The van der Waals surface area contributed by atoms with E-state index < -0.39 is 34.0 Å². The van der Waals surface area contributed by atoms with Crippen LogP contribution in [0.5, 0.6) is 0 Å². The Hall–Kier alpha value is -2.29. The number of aliphatic hydroxyl groups excluding tert-OH is 1. The molecule has 0 aliphatic heterocycles. The third kappa shape index (κ3) is 5.94. The van der Waals surface area contributed by atoms with Crippen molar-refractivity contribution >= 4 is 15.9 Å². The Morgan fingerprint density at radius 2 is 1.59 bits per heavy atom. The fourth-order valence-electron chi connectivity index (χ4n) is 3.78. The van der Waals surface area contributed by atoms with E-state index in [4.69, 9.17) is 0 Å². The largest absolute Gasteiger partial charge is 0.392 e. The van der Waals surface area contributed by atoms with E-state index in [-0.39, 0.29) is 28.7 Å². The van der Waals surface area contributed by atoms with Gasteiger partial charge in [0.15, 0.2) is 0 Å². The summed E-state index contributed by atoms with van der Waals surface area (Å²) in [6.45, 7) is 10.1. The van der Waals surface area contributed by atoms with Gasteiger partial charge >= 0.3 is 0 Å². The predicted octanol–water partition coefficient (Wildman–Crippen LogP) is 3.84. The Balaban J connectivity index is 2.38. The summed E-state index contributed by atoms with van der Waals surface area (Å²) >= 11 is 0.